The third-order valence-electron chi connectivity index (χ3n) is 2.63. The molecular weight excluding hydrogens is 228 g/mol. The highest BCUT2D eigenvalue weighted by Crippen LogP contribution is 2.17. The average molecular weight is 254 g/mol. The van der Waals surface area contributed by atoms with Crippen LogP contribution in [0, 0.1) is 0 Å². The second-order valence-corrected chi connectivity index (χ2v) is 4.96. The Hall–Kier alpha value is -1.46. The first kappa shape index (κ1) is 16.5. The molecule has 0 fully saturated rings. The Bertz CT molecular complexity index is 318. The van der Waals surface area contributed by atoms with E-state index in [0.29, 0.717) is 0 Å². The summed E-state index contributed by atoms with van der Waals surface area (Å²) in [6.07, 6.45) is 0. The first-order valence-electron chi connectivity index (χ1n) is 5.99. The van der Waals surface area contributed by atoms with Gasteiger partial charge in [-0.05, 0) is 27.7 Å². The van der Waals surface area contributed by atoms with Gasteiger partial charge in [0.05, 0.1) is 0 Å². The highest BCUT2D eigenvalue weighted by molar-refractivity contribution is 5.91. The van der Waals surface area contributed by atoms with E-state index in [4.69, 9.17) is 0 Å². The molecule has 0 spiro atoms. The van der Waals surface area contributed by atoms with Crippen LogP contribution in [0.25, 0.3) is 0 Å². The predicted molar refractivity (Wildman–Crippen MR) is 77.9 cm³/mol. The van der Waals surface area contributed by atoms with Crippen molar-refractivity contribution >= 4 is 11.7 Å². The van der Waals surface area contributed by atoms with Gasteiger partial charge in [0.2, 0.25) is 0 Å². The number of likely N-dealkylation sites (N-methyl/N-ethyl adjacent to an activating group) is 2. The normalized spacial score (nSPS) is 15.1. The van der Waals surface area contributed by atoms with Gasteiger partial charge >= 0.3 is 0 Å². The largest absolute Gasteiger partial charge is 0.375 e. The minimum Gasteiger partial charge on any atom is -0.375 e. The van der Waals surface area contributed by atoms with E-state index in [1.54, 1.807) is 14.1 Å². The van der Waals surface area contributed by atoms with Gasteiger partial charge in [0.1, 0.15) is 22.7 Å². The van der Waals surface area contributed by atoms with Crippen LogP contribution in [0.4, 0.5) is 0 Å². The summed E-state index contributed by atoms with van der Waals surface area (Å²) in [5, 5.41) is 14.9. The molecule has 6 nitrogen and oxygen atoms in total. The minimum absolute atomic E-state index is 0.479. The second kappa shape index (κ2) is 6.47. The van der Waals surface area contributed by atoms with Crippen molar-refractivity contribution in [2.45, 2.75) is 38.8 Å². The van der Waals surface area contributed by atoms with E-state index in [1.807, 2.05) is 41.8 Å². The van der Waals surface area contributed by atoms with Crippen LogP contribution in [0.1, 0.15) is 27.7 Å². The number of nitrogens with zero attached hydrogens (tertiary/aromatic N) is 4. The lowest BCUT2D eigenvalue weighted by Gasteiger charge is -2.25. The number of rotatable bonds is 4. The summed E-state index contributed by atoms with van der Waals surface area (Å²) in [6, 6.07) is 0. The van der Waals surface area contributed by atoms with Crippen molar-refractivity contribution in [2.24, 2.45) is 20.2 Å². The molecule has 0 radical (unpaired) electrons. The van der Waals surface area contributed by atoms with Crippen molar-refractivity contribution in [3.05, 3.63) is 0 Å². The Kier molecular flexibility index (Phi) is 5.94. The molecule has 6 heteroatoms. The Balaban J connectivity index is 5.15. The van der Waals surface area contributed by atoms with E-state index in [1.165, 1.54) is 0 Å². The minimum atomic E-state index is -0.479. The number of nitrogens with one attached hydrogen (secondary N) is 2. The summed E-state index contributed by atoms with van der Waals surface area (Å²) in [5.41, 5.74) is -0.958. The number of amidine groups is 2. The summed E-state index contributed by atoms with van der Waals surface area (Å²) in [4.78, 5) is 8.34. The molecule has 0 rings (SSSR count). The molecule has 0 saturated heterocycles. The summed E-state index contributed by atoms with van der Waals surface area (Å²) >= 11 is 0. The van der Waals surface area contributed by atoms with Gasteiger partial charge in [-0.25, -0.2) is 0 Å². The number of aliphatic imine (C=N–C) groups is 2. The molecular formula is C12H26N6. The van der Waals surface area contributed by atoms with E-state index >= 15 is 0 Å². The molecule has 0 heterocycles. The molecule has 0 unspecified atom stereocenters. The van der Waals surface area contributed by atoms with Crippen LogP contribution in [0.2, 0.25) is 0 Å². The van der Waals surface area contributed by atoms with E-state index < -0.39 is 11.1 Å². The lowest BCUT2D eigenvalue weighted by Crippen LogP contribution is -2.42. The van der Waals surface area contributed by atoms with Crippen molar-refractivity contribution in [2.75, 3.05) is 28.2 Å². The highest BCUT2D eigenvalue weighted by atomic mass is 15.2. The van der Waals surface area contributed by atoms with E-state index in [0.717, 1.165) is 11.7 Å². The Morgan fingerprint density at radius 2 is 1.00 bits per heavy atom. The molecule has 0 aromatic heterocycles. The fourth-order valence-corrected chi connectivity index (χ4v) is 1.73. The molecule has 0 aromatic carbocycles. The summed E-state index contributed by atoms with van der Waals surface area (Å²) in [7, 11) is 7.14. The van der Waals surface area contributed by atoms with Crippen molar-refractivity contribution in [1.29, 1.82) is 0 Å². The summed E-state index contributed by atoms with van der Waals surface area (Å²) < 4.78 is 0. The number of azo groups is 1. The van der Waals surface area contributed by atoms with Crippen molar-refractivity contribution in [3.8, 4) is 0 Å². The second-order valence-electron chi connectivity index (χ2n) is 4.96. The molecule has 0 atom stereocenters. The van der Waals surface area contributed by atoms with Gasteiger partial charge in [-0.1, -0.05) is 0 Å². The maximum Gasteiger partial charge on any atom is 0.132 e. The van der Waals surface area contributed by atoms with E-state index in [9.17, 15) is 0 Å². The fraction of sp³-hybridized carbons (Fsp3) is 0.833. The van der Waals surface area contributed by atoms with E-state index in [2.05, 4.69) is 30.8 Å². The molecule has 0 saturated carbocycles. The molecule has 104 valence electrons. The van der Waals surface area contributed by atoms with Gasteiger partial charge in [0.15, 0.2) is 0 Å². The number of hydrogen-bond donors (Lipinski definition) is 2. The van der Waals surface area contributed by atoms with Gasteiger partial charge in [0, 0.05) is 28.2 Å². The van der Waals surface area contributed by atoms with Crippen molar-refractivity contribution < 1.29 is 0 Å². The molecule has 0 aliphatic carbocycles. The number of hydrogen-bond acceptors (Lipinski definition) is 4. The Morgan fingerprint density at radius 1 is 0.722 bits per heavy atom. The van der Waals surface area contributed by atoms with E-state index in [-0.39, 0.29) is 0 Å². The molecule has 0 aliphatic rings. The maximum atomic E-state index is 4.40. The van der Waals surface area contributed by atoms with Crippen LogP contribution in [0.15, 0.2) is 20.2 Å². The zero-order chi connectivity index (χ0) is 14.4. The van der Waals surface area contributed by atoms with Crippen LogP contribution in [0.5, 0.6) is 0 Å². The zero-order valence-electron chi connectivity index (χ0n) is 12.8. The topological polar surface area (TPSA) is 73.5 Å². The summed E-state index contributed by atoms with van der Waals surface area (Å²) in [6.45, 7) is 7.86. The van der Waals surface area contributed by atoms with Gasteiger partial charge in [-0.2, -0.15) is 10.2 Å². The standard InChI is InChI=1S/C12H26N6/c1-11(2,9(13-5)14-6)17-18-12(3,4)10(15-7)16-8/h1-8H3,(H,13,14)(H,15,16). The quantitative estimate of drug-likeness (QED) is 0.453. The monoisotopic (exact) mass is 254 g/mol. The molecule has 0 amide bonds. The Labute approximate surface area is 110 Å². The molecule has 0 aliphatic heterocycles. The lowest BCUT2D eigenvalue weighted by molar-refractivity contribution is 0.549. The maximum absolute atomic E-state index is 4.40. The lowest BCUT2D eigenvalue weighted by atomic mass is 10.0. The first-order chi connectivity index (χ1) is 8.25. The molecule has 0 bridgehead atoms. The SMILES string of the molecule is CN=C(NC)C(C)(C)N=NC(C)(C)C(=NC)NC. The molecule has 2 N–H and O–H groups in total. The zero-order valence-corrected chi connectivity index (χ0v) is 12.8. The van der Waals surface area contributed by atoms with Crippen LogP contribution in [-0.4, -0.2) is 50.9 Å². The van der Waals surface area contributed by atoms with Crippen LogP contribution < -0.4 is 10.6 Å². The van der Waals surface area contributed by atoms with Gasteiger partial charge < -0.3 is 10.6 Å². The van der Waals surface area contributed by atoms with Crippen molar-refractivity contribution in [3.63, 3.8) is 0 Å². The van der Waals surface area contributed by atoms with Gasteiger partial charge in [0.25, 0.3) is 0 Å². The smallest absolute Gasteiger partial charge is 0.132 e. The van der Waals surface area contributed by atoms with Crippen LogP contribution in [-0.2, 0) is 0 Å². The fourth-order valence-electron chi connectivity index (χ4n) is 1.73. The van der Waals surface area contributed by atoms with Crippen molar-refractivity contribution in [1.82, 2.24) is 10.6 Å². The molecule has 0 aromatic rings. The van der Waals surface area contributed by atoms with Crippen LogP contribution in [0.3, 0.4) is 0 Å². The molecule has 18 heavy (non-hydrogen) atoms. The first-order valence-corrected chi connectivity index (χ1v) is 5.99. The Morgan fingerprint density at radius 3 is 1.17 bits per heavy atom. The van der Waals surface area contributed by atoms with Gasteiger partial charge in [-0.15, -0.1) is 0 Å². The third kappa shape index (κ3) is 4.09. The third-order valence-corrected chi connectivity index (χ3v) is 2.63. The predicted octanol–water partition coefficient (Wildman–Crippen LogP) is 1.49. The summed E-state index contributed by atoms with van der Waals surface area (Å²) in [5.74, 6) is 1.59. The average Bonchev–Trinajstić information content (AvgIpc) is 2.29. The van der Waals surface area contributed by atoms with Crippen LogP contribution >= 0.6 is 0 Å². The van der Waals surface area contributed by atoms with Gasteiger partial charge in [-0.3, -0.25) is 9.98 Å². The highest BCUT2D eigenvalue weighted by Gasteiger charge is 2.28.